The number of para-hydroxylation sites is 1. The molecule has 1 N–H and O–H groups in total. The van der Waals surface area contributed by atoms with Gasteiger partial charge in [-0.2, -0.15) is 4.73 Å². The molecule has 1 aliphatic carbocycles. The Labute approximate surface area is 186 Å². The molecule has 0 radical (unpaired) electrons. The van der Waals surface area contributed by atoms with Gasteiger partial charge in [-0.15, -0.1) is 11.3 Å². The molecule has 8 heteroatoms. The highest BCUT2D eigenvalue weighted by atomic mass is 32.1. The third-order valence-electron chi connectivity index (χ3n) is 5.42. The first kappa shape index (κ1) is 20.3. The summed E-state index contributed by atoms with van der Waals surface area (Å²) in [5, 5.41) is 14.1. The molecule has 0 spiro atoms. The molecule has 2 heterocycles. The fraction of sp³-hybridized carbons (Fsp3) is 0.125. The topological polar surface area (TPSA) is 68.9 Å². The molecule has 4 aromatic rings. The third kappa shape index (κ3) is 3.73. The van der Waals surface area contributed by atoms with Gasteiger partial charge in [0.25, 0.3) is 5.91 Å². The van der Waals surface area contributed by atoms with Gasteiger partial charge in [-0.1, -0.05) is 18.2 Å². The second-order valence-electron chi connectivity index (χ2n) is 7.52. The third-order valence-corrected chi connectivity index (χ3v) is 6.55. The van der Waals surface area contributed by atoms with Crippen LogP contribution < -0.4 is 10.0 Å². The van der Waals surface area contributed by atoms with E-state index in [4.69, 9.17) is 0 Å². The van der Waals surface area contributed by atoms with Crippen LogP contribution in [0.2, 0.25) is 0 Å². The van der Waals surface area contributed by atoms with Crippen molar-refractivity contribution in [2.45, 2.75) is 19.3 Å². The summed E-state index contributed by atoms with van der Waals surface area (Å²) in [7, 11) is 0. The Bertz CT molecular complexity index is 1330. The van der Waals surface area contributed by atoms with Gasteiger partial charge in [0.15, 0.2) is 17.4 Å². The summed E-state index contributed by atoms with van der Waals surface area (Å²) in [6.45, 7) is 0. The largest absolute Gasteiger partial charge is 0.619 e. The lowest BCUT2D eigenvalue weighted by Crippen LogP contribution is -2.23. The number of carbonyl (C=O) groups is 1. The first-order valence-electron chi connectivity index (χ1n) is 10.1. The van der Waals surface area contributed by atoms with Gasteiger partial charge in [-0.25, -0.2) is 13.8 Å². The van der Waals surface area contributed by atoms with Crippen LogP contribution >= 0.6 is 11.3 Å². The molecule has 0 saturated heterocycles. The molecule has 0 unspecified atom stereocenters. The minimum Gasteiger partial charge on any atom is -0.619 e. The van der Waals surface area contributed by atoms with Gasteiger partial charge in [-0.3, -0.25) is 4.79 Å². The molecule has 0 fully saturated rings. The first-order valence-corrected chi connectivity index (χ1v) is 10.9. The summed E-state index contributed by atoms with van der Waals surface area (Å²) < 4.78 is 28.6. The number of carbonyl (C=O) groups excluding carboxylic acids is 1. The van der Waals surface area contributed by atoms with Gasteiger partial charge in [0.05, 0.1) is 10.6 Å². The van der Waals surface area contributed by atoms with Gasteiger partial charge in [0.1, 0.15) is 17.3 Å². The van der Waals surface area contributed by atoms with Crippen molar-refractivity contribution in [2.24, 2.45) is 0 Å². The van der Waals surface area contributed by atoms with Crippen LogP contribution in [0.25, 0.3) is 21.6 Å². The van der Waals surface area contributed by atoms with Crippen molar-refractivity contribution in [3.05, 3.63) is 94.0 Å². The Morgan fingerprint density at radius 1 is 1.06 bits per heavy atom. The molecule has 32 heavy (non-hydrogen) atoms. The number of fused-ring (bicyclic) bond motifs is 3. The van der Waals surface area contributed by atoms with E-state index in [9.17, 15) is 18.8 Å². The van der Waals surface area contributed by atoms with Crippen molar-refractivity contribution in [1.82, 2.24) is 4.98 Å². The summed E-state index contributed by atoms with van der Waals surface area (Å²) >= 11 is 1.20. The van der Waals surface area contributed by atoms with E-state index in [0.717, 1.165) is 62.5 Å². The highest BCUT2D eigenvalue weighted by Gasteiger charge is 2.24. The standard InChI is InChI=1S/C24H17F2N3O2S/c25-18-6-2-7-19(26)21(18)28-23(30)24-27-20-8-1-4-14-9-10-15(12-17(14)22(20)32-24)16-5-3-11-29(31)13-16/h2-3,5-7,9-13H,1,4,8H2,(H,28,30). The highest BCUT2D eigenvalue weighted by Crippen LogP contribution is 2.39. The molecular weight excluding hydrogens is 432 g/mol. The van der Waals surface area contributed by atoms with Gasteiger partial charge < -0.3 is 10.5 Å². The predicted molar refractivity (Wildman–Crippen MR) is 118 cm³/mol. The minimum absolute atomic E-state index is 0.146. The zero-order chi connectivity index (χ0) is 22.2. The number of aryl methyl sites for hydroxylation is 2. The predicted octanol–water partition coefficient (Wildman–Crippen LogP) is 5.13. The van der Waals surface area contributed by atoms with E-state index in [1.54, 1.807) is 6.07 Å². The Morgan fingerprint density at radius 3 is 2.66 bits per heavy atom. The molecule has 0 saturated carbocycles. The highest BCUT2D eigenvalue weighted by molar-refractivity contribution is 7.17. The molecule has 0 atom stereocenters. The average molecular weight is 449 g/mol. The van der Waals surface area contributed by atoms with Crippen LogP contribution in [-0.4, -0.2) is 10.9 Å². The lowest BCUT2D eigenvalue weighted by atomic mass is 9.98. The van der Waals surface area contributed by atoms with Crippen molar-refractivity contribution < 1.29 is 18.3 Å². The number of nitrogens with one attached hydrogen (secondary N) is 1. The van der Waals surface area contributed by atoms with E-state index in [0.29, 0.717) is 6.42 Å². The maximum Gasteiger partial charge on any atom is 0.284 e. The Morgan fingerprint density at radius 2 is 1.88 bits per heavy atom. The van der Waals surface area contributed by atoms with Crippen molar-refractivity contribution in [3.8, 4) is 21.6 Å². The Kier molecular flexibility index (Phi) is 5.14. The van der Waals surface area contributed by atoms with Crippen LogP contribution in [0.1, 0.15) is 27.5 Å². The van der Waals surface area contributed by atoms with Gasteiger partial charge in [0.2, 0.25) is 0 Å². The summed E-state index contributed by atoms with van der Waals surface area (Å²) in [4.78, 5) is 18.1. The van der Waals surface area contributed by atoms with Gasteiger partial charge in [0, 0.05) is 11.6 Å². The van der Waals surface area contributed by atoms with Crippen molar-refractivity contribution >= 4 is 22.9 Å². The normalized spacial score (nSPS) is 12.6. The van der Waals surface area contributed by atoms with E-state index in [2.05, 4.69) is 10.3 Å². The quantitative estimate of drug-likeness (QED) is 0.348. The van der Waals surface area contributed by atoms with Gasteiger partial charge >= 0.3 is 0 Å². The molecule has 2 aromatic carbocycles. The number of halogens is 2. The zero-order valence-electron chi connectivity index (χ0n) is 16.8. The summed E-state index contributed by atoms with van der Waals surface area (Å²) in [5.41, 5.74) is 4.07. The van der Waals surface area contributed by atoms with Crippen LogP contribution in [0.4, 0.5) is 14.5 Å². The van der Waals surface area contributed by atoms with Crippen molar-refractivity contribution in [1.29, 1.82) is 0 Å². The summed E-state index contributed by atoms with van der Waals surface area (Å²) in [6.07, 6.45) is 5.38. The number of thiazole rings is 1. The number of hydrogen-bond donors (Lipinski definition) is 1. The maximum absolute atomic E-state index is 13.9. The van der Waals surface area contributed by atoms with Crippen molar-refractivity contribution in [3.63, 3.8) is 0 Å². The molecule has 1 aliphatic rings. The first-order chi connectivity index (χ1) is 15.5. The maximum atomic E-state index is 13.9. The second-order valence-corrected chi connectivity index (χ2v) is 8.52. The number of amides is 1. The van der Waals surface area contributed by atoms with Crippen LogP contribution in [0.3, 0.4) is 0 Å². The SMILES string of the molecule is O=C(Nc1c(F)cccc1F)c1nc2c(s1)-c1cc(-c3ccc[n+]([O-])c3)ccc1CCC2. The lowest BCUT2D eigenvalue weighted by molar-refractivity contribution is -0.604. The minimum atomic E-state index is -0.843. The van der Waals surface area contributed by atoms with E-state index in [1.165, 1.54) is 29.8 Å². The number of hydrogen-bond acceptors (Lipinski definition) is 4. The number of rotatable bonds is 3. The number of pyridine rings is 1. The summed E-state index contributed by atoms with van der Waals surface area (Å²) in [5.74, 6) is -2.34. The molecule has 0 bridgehead atoms. The van der Waals surface area contributed by atoms with E-state index in [1.807, 2.05) is 24.3 Å². The van der Waals surface area contributed by atoms with Crippen LogP contribution in [-0.2, 0) is 12.8 Å². The van der Waals surface area contributed by atoms with E-state index >= 15 is 0 Å². The molecule has 5 rings (SSSR count). The fourth-order valence-electron chi connectivity index (χ4n) is 3.87. The van der Waals surface area contributed by atoms with E-state index in [-0.39, 0.29) is 5.01 Å². The fourth-order valence-corrected chi connectivity index (χ4v) is 4.93. The van der Waals surface area contributed by atoms with Crippen LogP contribution in [0.15, 0.2) is 60.9 Å². The van der Waals surface area contributed by atoms with Crippen molar-refractivity contribution in [2.75, 3.05) is 5.32 Å². The zero-order valence-corrected chi connectivity index (χ0v) is 17.6. The molecular formula is C24H17F2N3O2S. The Balaban J connectivity index is 1.53. The smallest absolute Gasteiger partial charge is 0.284 e. The number of benzene rings is 2. The Hall–Kier alpha value is -3.65. The average Bonchev–Trinajstić information content (AvgIpc) is 3.13. The number of aromatic nitrogens is 2. The monoisotopic (exact) mass is 449 g/mol. The lowest BCUT2D eigenvalue weighted by Gasteiger charge is -2.09. The molecule has 5 nitrogen and oxygen atoms in total. The van der Waals surface area contributed by atoms with Crippen LogP contribution in [0, 0.1) is 16.8 Å². The molecule has 2 aromatic heterocycles. The molecule has 160 valence electrons. The summed E-state index contributed by atoms with van der Waals surface area (Å²) in [6, 6.07) is 13.0. The number of nitrogens with zero attached hydrogens (tertiary/aromatic N) is 2. The molecule has 1 amide bonds. The van der Waals surface area contributed by atoms with E-state index < -0.39 is 23.2 Å². The molecule has 0 aliphatic heterocycles. The second kappa shape index (κ2) is 8.12. The number of anilines is 1. The van der Waals surface area contributed by atoms with Crippen LogP contribution in [0.5, 0.6) is 0 Å². The van der Waals surface area contributed by atoms with Gasteiger partial charge in [-0.05, 0) is 60.2 Å².